The van der Waals surface area contributed by atoms with Crippen molar-refractivity contribution in [1.29, 1.82) is 0 Å². The van der Waals surface area contributed by atoms with E-state index in [-0.39, 0.29) is 11.8 Å². The molecule has 1 aromatic heterocycles. The lowest BCUT2D eigenvalue weighted by Gasteiger charge is -2.07. The van der Waals surface area contributed by atoms with Gasteiger partial charge < -0.3 is 10.6 Å². The summed E-state index contributed by atoms with van der Waals surface area (Å²) in [6.45, 7) is 8.00. The zero-order chi connectivity index (χ0) is 18.4. The number of amides is 2. The first-order valence-corrected chi connectivity index (χ1v) is 8.19. The molecule has 0 aliphatic heterocycles. The van der Waals surface area contributed by atoms with Crippen LogP contribution in [0.25, 0.3) is 0 Å². The fraction of sp³-hybridized carbons (Fsp3) is 0.316. The van der Waals surface area contributed by atoms with E-state index in [4.69, 9.17) is 0 Å². The standard InChI is InChI=1S/C19H24N4O2/c1-5-18(24)21-16-8-6-15(7-9-16)12-19(25)20-11-10-17-13(2)22-23(4)14(17)3/h5-9H,1,10-12H2,2-4H3,(H,20,25)(H,21,24). The fourth-order valence-electron chi connectivity index (χ4n) is 2.65. The zero-order valence-corrected chi connectivity index (χ0v) is 14.9. The van der Waals surface area contributed by atoms with Crippen LogP contribution in [0.5, 0.6) is 0 Å². The molecule has 25 heavy (non-hydrogen) atoms. The molecule has 2 amide bonds. The van der Waals surface area contributed by atoms with Gasteiger partial charge in [-0.2, -0.15) is 5.10 Å². The van der Waals surface area contributed by atoms with Crippen LogP contribution in [0.15, 0.2) is 36.9 Å². The molecule has 0 saturated carbocycles. The van der Waals surface area contributed by atoms with Crippen LogP contribution >= 0.6 is 0 Å². The monoisotopic (exact) mass is 340 g/mol. The summed E-state index contributed by atoms with van der Waals surface area (Å²) < 4.78 is 1.86. The van der Waals surface area contributed by atoms with Crippen molar-refractivity contribution in [1.82, 2.24) is 15.1 Å². The van der Waals surface area contributed by atoms with Gasteiger partial charge in [0, 0.05) is 25.0 Å². The SMILES string of the molecule is C=CC(=O)Nc1ccc(CC(=O)NCCc2c(C)nn(C)c2C)cc1. The molecular weight excluding hydrogens is 316 g/mol. The van der Waals surface area contributed by atoms with Crippen molar-refractivity contribution in [3.63, 3.8) is 0 Å². The van der Waals surface area contributed by atoms with E-state index in [2.05, 4.69) is 22.3 Å². The summed E-state index contributed by atoms with van der Waals surface area (Å²) in [6.07, 6.45) is 2.29. The molecule has 1 aromatic carbocycles. The van der Waals surface area contributed by atoms with Gasteiger partial charge in [0.15, 0.2) is 0 Å². The van der Waals surface area contributed by atoms with Crippen molar-refractivity contribution in [3.8, 4) is 0 Å². The molecule has 6 nitrogen and oxygen atoms in total. The highest BCUT2D eigenvalue weighted by atomic mass is 16.2. The van der Waals surface area contributed by atoms with Gasteiger partial charge in [-0.3, -0.25) is 14.3 Å². The number of hydrogen-bond acceptors (Lipinski definition) is 3. The molecule has 132 valence electrons. The van der Waals surface area contributed by atoms with Crippen molar-refractivity contribution in [2.75, 3.05) is 11.9 Å². The summed E-state index contributed by atoms with van der Waals surface area (Å²) >= 11 is 0. The van der Waals surface area contributed by atoms with E-state index in [1.54, 1.807) is 12.1 Å². The topological polar surface area (TPSA) is 76.0 Å². The van der Waals surface area contributed by atoms with Gasteiger partial charge in [0.05, 0.1) is 12.1 Å². The number of carbonyl (C=O) groups excluding carboxylic acids is 2. The number of hydrogen-bond donors (Lipinski definition) is 2. The molecule has 0 atom stereocenters. The van der Waals surface area contributed by atoms with E-state index in [0.717, 1.165) is 23.4 Å². The van der Waals surface area contributed by atoms with E-state index >= 15 is 0 Å². The molecular formula is C19H24N4O2. The zero-order valence-electron chi connectivity index (χ0n) is 14.9. The Balaban J connectivity index is 1.82. The number of nitrogens with one attached hydrogen (secondary N) is 2. The van der Waals surface area contributed by atoms with E-state index in [0.29, 0.717) is 18.7 Å². The van der Waals surface area contributed by atoms with Crippen molar-refractivity contribution < 1.29 is 9.59 Å². The summed E-state index contributed by atoms with van der Waals surface area (Å²) in [5, 5.41) is 9.99. The summed E-state index contributed by atoms with van der Waals surface area (Å²) in [7, 11) is 1.92. The molecule has 0 bridgehead atoms. The third-order valence-electron chi connectivity index (χ3n) is 4.13. The van der Waals surface area contributed by atoms with Crippen LogP contribution < -0.4 is 10.6 Å². The first-order valence-electron chi connectivity index (χ1n) is 8.19. The third kappa shape index (κ3) is 5.04. The normalized spacial score (nSPS) is 10.4. The van der Waals surface area contributed by atoms with Crippen LogP contribution in [0.3, 0.4) is 0 Å². The molecule has 0 saturated heterocycles. The molecule has 0 radical (unpaired) electrons. The maximum Gasteiger partial charge on any atom is 0.247 e. The Labute approximate surface area is 147 Å². The Morgan fingerprint density at radius 2 is 1.92 bits per heavy atom. The number of aromatic nitrogens is 2. The maximum absolute atomic E-state index is 12.1. The first-order chi connectivity index (χ1) is 11.9. The number of benzene rings is 1. The smallest absolute Gasteiger partial charge is 0.247 e. The fourth-order valence-corrected chi connectivity index (χ4v) is 2.65. The lowest BCUT2D eigenvalue weighted by atomic mass is 10.1. The van der Waals surface area contributed by atoms with Crippen LogP contribution in [0.4, 0.5) is 5.69 Å². The van der Waals surface area contributed by atoms with Crippen LogP contribution in [0.2, 0.25) is 0 Å². The van der Waals surface area contributed by atoms with Gasteiger partial charge in [-0.25, -0.2) is 0 Å². The molecule has 0 unspecified atom stereocenters. The molecule has 0 aliphatic rings. The van der Waals surface area contributed by atoms with Gasteiger partial charge in [0.25, 0.3) is 0 Å². The van der Waals surface area contributed by atoms with Crippen LogP contribution in [0.1, 0.15) is 22.5 Å². The summed E-state index contributed by atoms with van der Waals surface area (Å²) in [6, 6.07) is 7.19. The second-order valence-corrected chi connectivity index (χ2v) is 5.94. The minimum atomic E-state index is -0.258. The Bertz CT molecular complexity index is 775. The largest absolute Gasteiger partial charge is 0.355 e. The second kappa shape index (κ2) is 8.28. The van der Waals surface area contributed by atoms with Crippen LogP contribution in [-0.2, 0) is 29.5 Å². The van der Waals surface area contributed by atoms with Gasteiger partial charge in [-0.15, -0.1) is 0 Å². The Morgan fingerprint density at radius 1 is 1.24 bits per heavy atom. The van der Waals surface area contributed by atoms with E-state index in [1.165, 1.54) is 11.6 Å². The van der Waals surface area contributed by atoms with Crippen molar-refractivity contribution >= 4 is 17.5 Å². The second-order valence-electron chi connectivity index (χ2n) is 5.94. The number of rotatable bonds is 7. The number of aryl methyl sites for hydroxylation is 2. The van der Waals surface area contributed by atoms with E-state index < -0.39 is 0 Å². The molecule has 2 N–H and O–H groups in total. The number of carbonyl (C=O) groups is 2. The van der Waals surface area contributed by atoms with Gasteiger partial charge in [-0.05, 0) is 49.6 Å². The molecule has 0 spiro atoms. The molecule has 0 aliphatic carbocycles. The van der Waals surface area contributed by atoms with E-state index in [1.807, 2.05) is 37.7 Å². The highest BCUT2D eigenvalue weighted by molar-refractivity contribution is 5.98. The minimum Gasteiger partial charge on any atom is -0.355 e. The van der Waals surface area contributed by atoms with Crippen molar-refractivity contribution in [2.24, 2.45) is 7.05 Å². The summed E-state index contributed by atoms with van der Waals surface area (Å²) in [5.74, 6) is -0.284. The highest BCUT2D eigenvalue weighted by Gasteiger charge is 2.10. The van der Waals surface area contributed by atoms with Crippen LogP contribution in [-0.4, -0.2) is 28.1 Å². The van der Waals surface area contributed by atoms with Gasteiger partial charge in [0.1, 0.15) is 0 Å². The molecule has 6 heteroatoms. The first kappa shape index (κ1) is 18.4. The van der Waals surface area contributed by atoms with Crippen LogP contribution in [0, 0.1) is 13.8 Å². The lowest BCUT2D eigenvalue weighted by molar-refractivity contribution is -0.120. The molecule has 1 heterocycles. The average Bonchev–Trinajstić information content (AvgIpc) is 2.82. The number of nitrogens with zero attached hydrogens (tertiary/aromatic N) is 2. The summed E-state index contributed by atoms with van der Waals surface area (Å²) in [5.41, 5.74) is 4.89. The Kier molecular flexibility index (Phi) is 6.11. The molecule has 2 aromatic rings. The summed E-state index contributed by atoms with van der Waals surface area (Å²) in [4.78, 5) is 23.3. The minimum absolute atomic E-state index is 0.0259. The quantitative estimate of drug-likeness (QED) is 0.758. The van der Waals surface area contributed by atoms with Crippen molar-refractivity contribution in [3.05, 3.63) is 59.4 Å². The van der Waals surface area contributed by atoms with Gasteiger partial charge in [-0.1, -0.05) is 18.7 Å². The lowest BCUT2D eigenvalue weighted by Crippen LogP contribution is -2.27. The Morgan fingerprint density at radius 3 is 2.48 bits per heavy atom. The van der Waals surface area contributed by atoms with E-state index in [9.17, 15) is 9.59 Å². The maximum atomic E-state index is 12.1. The predicted octanol–water partition coefficient (Wildman–Crippen LogP) is 2.06. The Hall–Kier alpha value is -2.89. The van der Waals surface area contributed by atoms with Gasteiger partial charge in [0.2, 0.25) is 11.8 Å². The van der Waals surface area contributed by atoms with Gasteiger partial charge >= 0.3 is 0 Å². The molecule has 0 fully saturated rings. The number of anilines is 1. The van der Waals surface area contributed by atoms with Crippen molar-refractivity contribution in [2.45, 2.75) is 26.7 Å². The average molecular weight is 340 g/mol. The predicted molar refractivity (Wildman–Crippen MR) is 98.4 cm³/mol. The molecule has 2 rings (SSSR count). The third-order valence-corrected chi connectivity index (χ3v) is 4.13. The highest BCUT2D eigenvalue weighted by Crippen LogP contribution is 2.12.